The van der Waals surface area contributed by atoms with E-state index in [0.29, 0.717) is 11.5 Å². The van der Waals surface area contributed by atoms with Gasteiger partial charge in [0.25, 0.3) is 11.8 Å². The summed E-state index contributed by atoms with van der Waals surface area (Å²) in [6, 6.07) is -1.42. The minimum absolute atomic E-state index is 0.0849. The van der Waals surface area contributed by atoms with E-state index < -0.39 is 60.0 Å². The molecule has 0 bridgehead atoms. The highest BCUT2D eigenvalue weighted by molar-refractivity contribution is 6.01. The Bertz CT molecular complexity index is 727. The lowest BCUT2D eigenvalue weighted by atomic mass is 10.2. The van der Waals surface area contributed by atoms with Crippen LogP contribution in [0, 0.1) is 0 Å². The first kappa shape index (κ1) is 26.9. The lowest BCUT2D eigenvalue weighted by molar-refractivity contribution is -0.205. The van der Waals surface area contributed by atoms with Gasteiger partial charge in [0, 0.05) is 12.8 Å². The molecule has 0 aromatic carbocycles. The highest BCUT2D eigenvalue weighted by Gasteiger charge is 2.35. The molecule has 1 heterocycles. The molecule has 12 nitrogen and oxygen atoms in total. The van der Waals surface area contributed by atoms with E-state index in [1.807, 2.05) is 6.92 Å². The lowest BCUT2D eigenvalue weighted by Crippen LogP contribution is -2.46. The Morgan fingerprint density at radius 1 is 1.06 bits per heavy atom. The van der Waals surface area contributed by atoms with Gasteiger partial charge in [0.1, 0.15) is 11.6 Å². The number of nitrogens with zero attached hydrogens (tertiary/aromatic N) is 1. The molecular weight excluding hydrogens is 428 g/mol. The average molecular weight is 458 g/mol. The summed E-state index contributed by atoms with van der Waals surface area (Å²) < 4.78 is 15.1. The molecule has 2 atom stereocenters. The molecule has 1 rings (SSSR count). The number of rotatable bonds is 10. The Labute approximate surface area is 185 Å². The fourth-order valence-electron chi connectivity index (χ4n) is 2.34. The van der Waals surface area contributed by atoms with Crippen LogP contribution in [0.15, 0.2) is 0 Å². The number of ether oxygens (including phenoxy) is 3. The van der Waals surface area contributed by atoms with Crippen LogP contribution in [0.4, 0.5) is 4.79 Å². The predicted molar refractivity (Wildman–Crippen MR) is 106 cm³/mol. The quantitative estimate of drug-likeness (QED) is 0.218. The molecule has 0 aromatic rings. The number of imide groups is 1. The van der Waals surface area contributed by atoms with Crippen LogP contribution in [0.25, 0.3) is 0 Å². The van der Waals surface area contributed by atoms with Crippen molar-refractivity contribution in [3.05, 3.63) is 0 Å². The summed E-state index contributed by atoms with van der Waals surface area (Å²) in [6.45, 7) is 8.03. The molecule has 0 radical (unpaired) electrons. The van der Waals surface area contributed by atoms with Crippen LogP contribution >= 0.6 is 0 Å². The molecule has 0 saturated carbocycles. The van der Waals surface area contributed by atoms with Crippen molar-refractivity contribution in [2.75, 3.05) is 6.61 Å². The smallest absolute Gasteiger partial charge is 0.408 e. The molecule has 32 heavy (non-hydrogen) atoms. The molecule has 1 fully saturated rings. The molecule has 0 aliphatic carbocycles. The van der Waals surface area contributed by atoms with Crippen LogP contribution in [0.1, 0.15) is 66.7 Å². The van der Waals surface area contributed by atoms with Crippen molar-refractivity contribution in [2.45, 2.75) is 84.5 Å². The highest BCUT2D eigenvalue weighted by Crippen LogP contribution is 2.14. The minimum atomic E-state index is -1.48. The Morgan fingerprint density at radius 2 is 1.66 bits per heavy atom. The van der Waals surface area contributed by atoms with Crippen LogP contribution in [-0.2, 0) is 43.0 Å². The van der Waals surface area contributed by atoms with Crippen molar-refractivity contribution < 1.29 is 47.8 Å². The highest BCUT2D eigenvalue weighted by atomic mass is 16.7. The summed E-state index contributed by atoms with van der Waals surface area (Å²) in [5.41, 5.74) is -0.843. The van der Waals surface area contributed by atoms with Gasteiger partial charge in [-0.2, -0.15) is 0 Å². The zero-order valence-electron chi connectivity index (χ0n) is 18.9. The summed E-state index contributed by atoms with van der Waals surface area (Å²) >= 11 is 0. The predicted octanol–water partition coefficient (Wildman–Crippen LogP) is 1.15. The van der Waals surface area contributed by atoms with Crippen LogP contribution in [0.3, 0.4) is 0 Å². The van der Waals surface area contributed by atoms with Gasteiger partial charge in [0.2, 0.25) is 0 Å². The van der Waals surface area contributed by atoms with E-state index in [2.05, 4.69) is 10.2 Å². The van der Waals surface area contributed by atoms with Gasteiger partial charge in [-0.3, -0.25) is 14.4 Å². The van der Waals surface area contributed by atoms with Gasteiger partial charge in [-0.1, -0.05) is 13.3 Å². The molecular formula is C20H30N2O10. The number of hydrogen-bond acceptors (Lipinski definition) is 10. The maximum Gasteiger partial charge on any atom is 0.408 e. The topological polar surface area (TPSA) is 155 Å². The Kier molecular flexibility index (Phi) is 10.1. The fourth-order valence-corrected chi connectivity index (χ4v) is 2.34. The van der Waals surface area contributed by atoms with Crippen molar-refractivity contribution >= 4 is 35.8 Å². The number of unbranched alkanes of at least 4 members (excludes halogenated alkanes) is 1. The van der Waals surface area contributed by atoms with Gasteiger partial charge in [0.15, 0.2) is 6.10 Å². The first-order valence-corrected chi connectivity index (χ1v) is 10.3. The fraction of sp³-hybridized carbons (Fsp3) is 0.700. The van der Waals surface area contributed by atoms with Gasteiger partial charge in [0.05, 0.1) is 13.0 Å². The van der Waals surface area contributed by atoms with E-state index in [9.17, 15) is 28.8 Å². The van der Waals surface area contributed by atoms with Crippen LogP contribution in [0.2, 0.25) is 0 Å². The molecule has 180 valence electrons. The molecule has 1 N–H and O–H groups in total. The number of hydroxylamine groups is 2. The number of esters is 2. The van der Waals surface area contributed by atoms with E-state index in [4.69, 9.17) is 14.2 Å². The van der Waals surface area contributed by atoms with E-state index in [0.717, 1.165) is 6.42 Å². The Hall–Kier alpha value is -3.18. The summed E-state index contributed by atoms with van der Waals surface area (Å²) in [5.74, 6) is -4.41. The van der Waals surface area contributed by atoms with Gasteiger partial charge in [-0.25, -0.2) is 14.4 Å². The maximum absolute atomic E-state index is 12.3. The van der Waals surface area contributed by atoms with Gasteiger partial charge < -0.3 is 24.4 Å². The number of amides is 3. The number of alkyl carbamates (subject to hydrolysis) is 1. The van der Waals surface area contributed by atoms with E-state index in [1.165, 1.54) is 6.92 Å². The summed E-state index contributed by atoms with van der Waals surface area (Å²) in [7, 11) is 0. The molecule has 3 amide bonds. The Morgan fingerprint density at radius 3 is 2.19 bits per heavy atom. The second-order valence-electron chi connectivity index (χ2n) is 8.05. The number of hydrogen-bond donors (Lipinski definition) is 1. The van der Waals surface area contributed by atoms with Gasteiger partial charge in [-0.15, -0.1) is 5.06 Å². The number of carbonyl (C=O) groups is 6. The average Bonchev–Trinajstić information content (AvgIpc) is 2.97. The van der Waals surface area contributed by atoms with Crippen molar-refractivity contribution in [2.24, 2.45) is 0 Å². The van der Waals surface area contributed by atoms with E-state index in [1.54, 1.807) is 20.8 Å². The summed E-state index contributed by atoms with van der Waals surface area (Å²) in [5, 5.41) is 2.58. The standard InChI is InChI=1S/C20H30N2O10/c1-6-7-10-29-18(27)13(21-19(28)31-20(3,4)5)11-16(25)30-12(2)17(26)32-22-14(23)8-9-15(22)24/h12-13H,6-11H2,1-5H3,(H,21,28)/t12-,13-/m0/s1. The molecule has 1 saturated heterocycles. The van der Waals surface area contributed by atoms with Crippen molar-refractivity contribution in [1.29, 1.82) is 0 Å². The van der Waals surface area contributed by atoms with Crippen molar-refractivity contribution in [1.82, 2.24) is 10.4 Å². The third-order valence-corrected chi connectivity index (χ3v) is 3.92. The summed E-state index contributed by atoms with van der Waals surface area (Å²) in [6.07, 6.45) is -1.89. The first-order valence-electron chi connectivity index (χ1n) is 10.3. The minimum Gasteiger partial charge on any atom is -0.464 e. The lowest BCUT2D eigenvalue weighted by Gasteiger charge is -2.23. The molecule has 1 aliphatic rings. The zero-order chi connectivity index (χ0) is 24.5. The molecule has 0 unspecified atom stereocenters. The molecule has 0 aromatic heterocycles. The third-order valence-electron chi connectivity index (χ3n) is 3.92. The normalized spacial score (nSPS) is 15.6. The number of nitrogens with one attached hydrogen (secondary N) is 1. The first-order chi connectivity index (χ1) is 14.8. The third kappa shape index (κ3) is 9.31. The second kappa shape index (κ2) is 12.0. The van der Waals surface area contributed by atoms with Crippen LogP contribution < -0.4 is 5.32 Å². The zero-order valence-corrected chi connectivity index (χ0v) is 18.9. The van der Waals surface area contributed by atoms with Gasteiger partial charge >= 0.3 is 24.0 Å². The van der Waals surface area contributed by atoms with Gasteiger partial charge in [-0.05, 0) is 34.1 Å². The molecule has 12 heteroatoms. The molecule has 0 spiro atoms. The van der Waals surface area contributed by atoms with E-state index in [-0.39, 0.29) is 19.4 Å². The maximum atomic E-state index is 12.3. The number of carbonyl (C=O) groups excluding carboxylic acids is 6. The summed E-state index contributed by atoms with van der Waals surface area (Å²) in [4.78, 5) is 76.3. The van der Waals surface area contributed by atoms with E-state index >= 15 is 0 Å². The van der Waals surface area contributed by atoms with Crippen LogP contribution in [0.5, 0.6) is 0 Å². The second-order valence-corrected chi connectivity index (χ2v) is 8.05. The van der Waals surface area contributed by atoms with Crippen LogP contribution in [-0.4, -0.2) is 65.2 Å². The van der Waals surface area contributed by atoms with Crippen molar-refractivity contribution in [3.8, 4) is 0 Å². The molecule has 1 aliphatic heterocycles. The largest absolute Gasteiger partial charge is 0.464 e. The monoisotopic (exact) mass is 458 g/mol. The van der Waals surface area contributed by atoms with Crippen molar-refractivity contribution in [3.63, 3.8) is 0 Å². The Balaban J connectivity index is 2.70. The SMILES string of the molecule is CCCCOC(=O)[C@H](CC(=O)O[C@@H](C)C(=O)ON1C(=O)CCC1=O)NC(=O)OC(C)(C)C.